The summed E-state index contributed by atoms with van der Waals surface area (Å²) in [6, 6.07) is 14.7. The second kappa shape index (κ2) is 9.14. The molecule has 0 amide bonds. The van der Waals surface area contributed by atoms with Gasteiger partial charge in [-0.1, -0.05) is 24.3 Å². The van der Waals surface area contributed by atoms with E-state index in [4.69, 9.17) is 4.74 Å². The van der Waals surface area contributed by atoms with Crippen LogP contribution in [0.2, 0.25) is 0 Å². The molecule has 0 aliphatic rings. The minimum atomic E-state index is 0.637. The normalized spacial score (nSPS) is 12.1. The van der Waals surface area contributed by atoms with Crippen molar-refractivity contribution in [3.05, 3.63) is 77.2 Å². The monoisotopic (exact) mass is 350 g/mol. The van der Waals surface area contributed by atoms with Gasteiger partial charge in [-0.3, -0.25) is 0 Å². The summed E-state index contributed by atoms with van der Waals surface area (Å²) in [7, 11) is 4.09. The van der Waals surface area contributed by atoms with Crippen LogP contribution >= 0.6 is 0 Å². The van der Waals surface area contributed by atoms with Gasteiger partial charge in [-0.15, -0.1) is 0 Å². The number of rotatable bonds is 7. The Morgan fingerprint density at radius 2 is 1.85 bits per heavy atom. The van der Waals surface area contributed by atoms with Gasteiger partial charge in [0.05, 0.1) is 6.61 Å². The molecule has 1 N–H and O–H groups in total. The van der Waals surface area contributed by atoms with Crippen molar-refractivity contribution in [1.82, 2.24) is 0 Å². The molecule has 0 fully saturated rings. The van der Waals surface area contributed by atoms with E-state index < -0.39 is 0 Å². The molecule has 0 spiro atoms. The number of allylic oxidation sites excluding steroid dienone is 2. The summed E-state index contributed by atoms with van der Waals surface area (Å²) in [5.74, 6) is 0.887. The van der Waals surface area contributed by atoms with Crippen LogP contribution in [-0.4, -0.2) is 20.7 Å². The van der Waals surface area contributed by atoms with Crippen molar-refractivity contribution in [3.8, 4) is 0 Å². The molecule has 2 aromatic rings. The maximum atomic E-state index is 5.90. The molecule has 26 heavy (non-hydrogen) atoms. The van der Waals surface area contributed by atoms with Crippen molar-refractivity contribution in [1.29, 1.82) is 0 Å². The maximum Gasteiger partial charge on any atom is 0.124 e. The Kier molecular flexibility index (Phi) is 6.90. The zero-order valence-electron chi connectivity index (χ0n) is 16.8. The smallest absolute Gasteiger partial charge is 0.124 e. The number of hydrogen-bond acceptors (Lipinski definition) is 3. The summed E-state index contributed by atoms with van der Waals surface area (Å²) >= 11 is 0. The van der Waals surface area contributed by atoms with Crippen molar-refractivity contribution in [3.63, 3.8) is 0 Å². The first-order valence-corrected chi connectivity index (χ1v) is 9.08. The summed E-state index contributed by atoms with van der Waals surface area (Å²) in [5, 5.41) is 3.45. The van der Waals surface area contributed by atoms with Crippen LogP contribution in [0.25, 0.3) is 5.57 Å². The molecule has 138 valence electrons. The average molecular weight is 351 g/mol. The number of anilines is 2. The SMILES string of the molecule is C/C=C(OCC)\C(=C/Nc1cccc(N(C)C)c1)c1cccc(C)c1C. The molecule has 0 unspecified atom stereocenters. The fraction of sp³-hybridized carbons (Fsp3) is 0.304. The molecule has 0 saturated carbocycles. The number of aryl methyl sites for hydroxylation is 1. The van der Waals surface area contributed by atoms with E-state index >= 15 is 0 Å². The first-order chi connectivity index (χ1) is 12.5. The van der Waals surface area contributed by atoms with Gasteiger partial charge >= 0.3 is 0 Å². The Hall–Kier alpha value is -2.68. The molecule has 3 nitrogen and oxygen atoms in total. The number of ether oxygens (including phenoxy) is 1. The van der Waals surface area contributed by atoms with E-state index in [9.17, 15) is 0 Å². The molecule has 0 radical (unpaired) electrons. The second-order valence-electron chi connectivity index (χ2n) is 6.48. The summed E-state index contributed by atoms with van der Waals surface area (Å²) in [5.41, 5.74) is 6.99. The first kappa shape index (κ1) is 19.6. The fourth-order valence-electron chi connectivity index (χ4n) is 2.83. The van der Waals surface area contributed by atoms with Gasteiger partial charge in [-0.2, -0.15) is 0 Å². The zero-order valence-corrected chi connectivity index (χ0v) is 16.8. The molecule has 0 bridgehead atoms. The number of hydrogen-bond donors (Lipinski definition) is 1. The second-order valence-corrected chi connectivity index (χ2v) is 6.48. The summed E-state index contributed by atoms with van der Waals surface area (Å²) in [4.78, 5) is 2.10. The van der Waals surface area contributed by atoms with E-state index in [0.29, 0.717) is 6.61 Å². The van der Waals surface area contributed by atoms with E-state index in [0.717, 1.165) is 22.7 Å². The Labute approximate surface area is 158 Å². The van der Waals surface area contributed by atoms with Gasteiger partial charge in [0.15, 0.2) is 0 Å². The average Bonchev–Trinajstić information content (AvgIpc) is 2.64. The van der Waals surface area contributed by atoms with Crippen LogP contribution in [0.3, 0.4) is 0 Å². The van der Waals surface area contributed by atoms with Gasteiger partial charge < -0.3 is 15.0 Å². The summed E-state index contributed by atoms with van der Waals surface area (Å²) < 4.78 is 5.90. The van der Waals surface area contributed by atoms with Crippen LogP contribution in [-0.2, 0) is 4.74 Å². The quantitative estimate of drug-likeness (QED) is 0.507. The van der Waals surface area contributed by atoms with Crippen molar-refractivity contribution in [2.45, 2.75) is 27.7 Å². The maximum absolute atomic E-state index is 5.90. The number of benzene rings is 2. The number of nitrogens with one attached hydrogen (secondary N) is 1. The summed E-state index contributed by atoms with van der Waals surface area (Å²) in [6.07, 6.45) is 4.07. The van der Waals surface area contributed by atoms with Crippen LogP contribution in [0.1, 0.15) is 30.5 Å². The van der Waals surface area contributed by atoms with E-state index in [1.54, 1.807) is 0 Å². The lowest BCUT2D eigenvalue weighted by Crippen LogP contribution is -2.08. The third-order valence-corrected chi connectivity index (χ3v) is 4.47. The van der Waals surface area contributed by atoms with Gasteiger partial charge in [0.2, 0.25) is 0 Å². The molecule has 2 rings (SSSR count). The van der Waals surface area contributed by atoms with Crippen molar-refractivity contribution >= 4 is 16.9 Å². The highest BCUT2D eigenvalue weighted by molar-refractivity contribution is 5.81. The minimum Gasteiger partial charge on any atom is -0.494 e. The first-order valence-electron chi connectivity index (χ1n) is 9.08. The molecule has 0 heterocycles. The lowest BCUT2D eigenvalue weighted by Gasteiger charge is -2.17. The van der Waals surface area contributed by atoms with E-state index in [-0.39, 0.29) is 0 Å². The van der Waals surface area contributed by atoms with E-state index in [2.05, 4.69) is 66.5 Å². The zero-order chi connectivity index (χ0) is 19.1. The van der Waals surface area contributed by atoms with Gasteiger partial charge in [-0.25, -0.2) is 0 Å². The van der Waals surface area contributed by atoms with Crippen LogP contribution in [0.5, 0.6) is 0 Å². The molecule has 0 atom stereocenters. The van der Waals surface area contributed by atoms with Crippen molar-refractivity contribution < 1.29 is 4.74 Å². The molecule has 0 aliphatic carbocycles. The van der Waals surface area contributed by atoms with Gasteiger partial charge in [-0.05, 0) is 68.7 Å². The van der Waals surface area contributed by atoms with Gasteiger partial charge in [0.1, 0.15) is 5.76 Å². The third kappa shape index (κ3) is 4.69. The predicted octanol–water partition coefficient (Wildman–Crippen LogP) is 5.76. The molecule has 0 aromatic heterocycles. The molecule has 2 aromatic carbocycles. The van der Waals surface area contributed by atoms with Gasteiger partial charge in [0.25, 0.3) is 0 Å². The highest BCUT2D eigenvalue weighted by Gasteiger charge is 2.12. The van der Waals surface area contributed by atoms with E-state index in [1.807, 2.05) is 40.2 Å². The van der Waals surface area contributed by atoms with Crippen molar-refractivity contribution in [2.24, 2.45) is 0 Å². The van der Waals surface area contributed by atoms with Crippen LogP contribution < -0.4 is 10.2 Å². The molecule has 3 heteroatoms. The standard InChI is InChI=1S/C23H30N2O/c1-7-23(26-8-2)22(21-14-9-11-17(3)18(21)4)16-24-19-12-10-13-20(15-19)25(5)6/h7,9-16,24H,8H2,1-6H3/b22-16-,23-7+. The number of nitrogens with zero attached hydrogens (tertiary/aromatic N) is 1. The highest BCUT2D eigenvalue weighted by Crippen LogP contribution is 2.29. The largest absolute Gasteiger partial charge is 0.494 e. The fourth-order valence-corrected chi connectivity index (χ4v) is 2.83. The van der Waals surface area contributed by atoms with Crippen molar-refractivity contribution in [2.75, 3.05) is 30.9 Å². The minimum absolute atomic E-state index is 0.637. The Balaban J connectivity index is 2.45. The van der Waals surface area contributed by atoms with Crippen LogP contribution in [0.4, 0.5) is 11.4 Å². The van der Waals surface area contributed by atoms with Crippen LogP contribution in [0.15, 0.2) is 60.5 Å². The van der Waals surface area contributed by atoms with Crippen LogP contribution in [0, 0.1) is 13.8 Å². The topological polar surface area (TPSA) is 24.5 Å². The Bertz CT molecular complexity index is 804. The highest BCUT2D eigenvalue weighted by atomic mass is 16.5. The lowest BCUT2D eigenvalue weighted by molar-refractivity contribution is 0.245. The predicted molar refractivity (Wildman–Crippen MR) is 114 cm³/mol. The molecule has 0 aliphatic heterocycles. The van der Waals surface area contributed by atoms with Gasteiger partial charge in [0, 0.05) is 37.2 Å². The van der Waals surface area contributed by atoms with E-state index in [1.165, 1.54) is 16.7 Å². The molecular weight excluding hydrogens is 320 g/mol. The third-order valence-electron chi connectivity index (χ3n) is 4.47. The lowest BCUT2D eigenvalue weighted by atomic mass is 9.96. The Morgan fingerprint density at radius 1 is 1.12 bits per heavy atom. The molecule has 0 saturated heterocycles. The Morgan fingerprint density at radius 3 is 2.50 bits per heavy atom. The molecular formula is C23H30N2O. The summed E-state index contributed by atoms with van der Waals surface area (Å²) in [6.45, 7) is 8.96.